The number of hydrogen-bond acceptors (Lipinski definition) is 3. The van der Waals surface area contributed by atoms with Gasteiger partial charge in [-0.3, -0.25) is 4.79 Å². The number of benzene rings is 1. The van der Waals surface area contributed by atoms with Crippen LogP contribution in [0.15, 0.2) is 24.3 Å². The lowest BCUT2D eigenvalue weighted by Gasteiger charge is -2.11. The first-order chi connectivity index (χ1) is 8.63. The highest BCUT2D eigenvalue weighted by molar-refractivity contribution is 5.81. The van der Waals surface area contributed by atoms with Crippen molar-refractivity contribution < 1.29 is 9.53 Å². The van der Waals surface area contributed by atoms with Crippen molar-refractivity contribution in [2.75, 3.05) is 11.9 Å². The summed E-state index contributed by atoms with van der Waals surface area (Å²) in [6.07, 6.45) is 2.41. The van der Waals surface area contributed by atoms with Crippen LogP contribution in [-0.4, -0.2) is 24.6 Å². The zero-order chi connectivity index (χ0) is 13.0. The standard InChI is InChI=1S/C14H20N2O2/c1-10(2)18-13-7-5-11(6-8-13)15-9-14(17)16-12-3-4-12/h5-8,10,12,15H,3-4,9H2,1-2H3,(H,16,17). The van der Waals surface area contributed by atoms with E-state index in [4.69, 9.17) is 4.74 Å². The number of ether oxygens (including phenoxy) is 1. The molecule has 0 atom stereocenters. The molecule has 0 aromatic heterocycles. The van der Waals surface area contributed by atoms with Gasteiger partial charge in [-0.2, -0.15) is 0 Å². The van der Waals surface area contributed by atoms with Gasteiger partial charge in [0.2, 0.25) is 5.91 Å². The molecule has 2 N–H and O–H groups in total. The summed E-state index contributed by atoms with van der Waals surface area (Å²) in [4.78, 5) is 11.5. The zero-order valence-electron chi connectivity index (χ0n) is 10.9. The molecule has 0 unspecified atom stereocenters. The SMILES string of the molecule is CC(C)Oc1ccc(NCC(=O)NC2CC2)cc1. The third-order valence-electron chi connectivity index (χ3n) is 2.62. The molecule has 1 aliphatic rings. The van der Waals surface area contributed by atoms with E-state index in [9.17, 15) is 4.79 Å². The lowest BCUT2D eigenvalue weighted by Crippen LogP contribution is -2.31. The van der Waals surface area contributed by atoms with E-state index in [1.807, 2.05) is 38.1 Å². The molecule has 0 radical (unpaired) electrons. The highest BCUT2D eigenvalue weighted by Crippen LogP contribution is 2.19. The van der Waals surface area contributed by atoms with Crippen LogP contribution in [0.2, 0.25) is 0 Å². The molecule has 4 nitrogen and oxygen atoms in total. The van der Waals surface area contributed by atoms with Gasteiger partial charge in [0, 0.05) is 11.7 Å². The normalized spacial score (nSPS) is 14.4. The molecule has 0 spiro atoms. The molecule has 2 rings (SSSR count). The minimum atomic E-state index is 0.0556. The Morgan fingerprint density at radius 3 is 2.56 bits per heavy atom. The predicted molar refractivity (Wildman–Crippen MR) is 71.9 cm³/mol. The highest BCUT2D eigenvalue weighted by atomic mass is 16.5. The largest absolute Gasteiger partial charge is 0.491 e. The van der Waals surface area contributed by atoms with Crippen molar-refractivity contribution in [2.45, 2.75) is 38.8 Å². The Labute approximate surface area is 108 Å². The maximum Gasteiger partial charge on any atom is 0.239 e. The first kappa shape index (κ1) is 12.7. The van der Waals surface area contributed by atoms with Crippen LogP contribution in [0, 0.1) is 0 Å². The molecular formula is C14H20N2O2. The molecule has 0 heterocycles. The second kappa shape index (κ2) is 5.76. The predicted octanol–water partition coefficient (Wildman–Crippen LogP) is 2.16. The second-order valence-electron chi connectivity index (χ2n) is 4.89. The minimum absolute atomic E-state index is 0.0556. The van der Waals surface area contributed by atoms with Gasteiger partial charge in [0.05, 0.1) is 12.6 Å². The molecule has 1 amide bonds. The molecule has 0 aliphatic heterocycles. The average molecular weight is 248 g/mol. The number of nitrogens with one attached hydrogen (secondary N) is 2. The van der Waals surface area contributed by atoms with Gasteiger partial charge >= 0.3 is 0 Å². The molecule has 4 heteroatoms. The second-order valence-corrected chi connectivity index (χ2v) is 4.89. The van der Waals surface area contributed by atoms with Crippen LogP contribution in [-0.2, 0) is 4.79 Å². The first-order valence-corrected chi connectivity index (χ1v) is 6.43. The average Bonchev–Trinajstić information content (AvgIpc) is 3.11. The van der Waals surface area contributed by atoms with Gasteiger partial charge in [-0.15, -0.1) is 0 Å². The topological polar surface area (TPSA) is 50.4 Å². The third-order valence-corrected chi connectivity index (χ3v) is 2.62. The number of carbonyl (C=O) groups is 1. The lowest BCUT2D eigenvalue weighted by atomic mass is 10.3. The Bertz CT molecular complexity index is 397. The van der Waals surface area contributed by atoms with Crippen molar-refractivity contribution in [3.8, 4) is 5.75 Å². The Hall–Kier alpha value is -1.71. The highest BCUT2D eigenvalue weighted by Gasteiger charge is 2.22. The maximum absolute atomic E-state index is 11.5. The Morgan fingerprint density at radius 2 is 2.00 bits per heavy atom. The van der Waals surface area contributed by atoms with E-state index < -0.39 is 0 Å². The molecule has 1 aromatic carbocycles. The van der Waals surface area contributed by atoms with Crippen molar-refractivity contribution >= 4 is 11.6 Å². The van der Waals surface area contributed by atoms with E-state index in [2.05, 4.69) is 10.6 Å². The Kier molecular flexibility index (Phi) is 4.07. The van der Waals surface area contributed by atoms with E-state index in [1.165, 1.54) is 0 Å². The molecule has 1 saturated carbocycles. The summed E-state index contributed by atoms with van der Waals surface area (Å²) in [5.41, 5.74) is 0.928. The van der Waals surface area contributed by atoms with Crippen molar-refractivity contribution in [3.05, 3.63) is 24.3 Å². The van der Waals surface area contributed by atoms with Crippen LogP contribution in [0.1, 0.15) is 26.7 Å². The molecule has 0 bridgehead atoms. The smallest absolute Gasteiger partial charge is 0.239 e. The third kappa shape index (κ3) is 4.28. The fraction of sp³-hybridized carbons (Fsp3) is 0.500. The first-order valence-electron chi connectivity index (χ1n) is 6.43. The van der Waals surface area contributed by atoms with Crippen LogP contribution in [0.25, 0.3) is 0 Å². The molecular weight excluding hydrogens is 228 g/mol. The number of carbonyl (C=O) groups excluding carboxylic acids is 1. The summed E-state index contributed by atoms with van der Waals surface area (Å²) in [5, 5.41) is 6.03. The molecule has 1 fully saturated rings. The maximum atomic E-state index is 11.5. The summed E-state index contributed by atoms with van der Waals surface area (Å²) >= 11 is 0. The molecule has 18 heavy (non-hydrogen) atoms. The fourth-order valence-electron chi connectivity index (χ4n) is 1.61. The van der Waals surface area contributed by atoms with Crippen molar-refractivity contribution in [2.24, 2.45) is 0 Å². The lowest BCUT2D eigenvalue weighted by molar-refractivity contribution is -0.119. The van der Waals surface area contributed by atoms with Crippen LogP contribution in [0.3, 0.4) is 0 Å². The Balaban J connectivity index is 1.76. The van der Waals surface area contributed by atoms with Gasteiger partial charge in [0.1, 0.15) is 5.75 Å². The van der Waals surface area contributed by atoms with E-state index in [1.54, 1.807) is 0 Å². The van der Waals surface area contributed by atoms with E-state index in [0.717, 1.165) is 24.3 Å². The Morgan fingerprint density at radius 1 is 1.33 bits per heavy atom. The van der Waals surface area contributed by atoms with Gasteiger partial charge in [-0.05, 0) is 51.0 Å². The van der Waals surface area contributed by atoms with Crippen molar-refractivity contribution in [1.82, 2.24) is 5.32 Å². The van der Waals surface area contributed by atoms with E-state index >= 15 is 0 Å². The van der Waals surface area contributed by atoms with Crippen LogP contribution >= 0.6 is 0 Å². The number of anilines is 1. The van der Waals surface area contributed by atoms with Crippen LogP contribution < -0.4 is 15.4 Å². The number of hydrogen-bond donors (Lipinski definition) is 2. The van der Waals surface area contributed by atoms with Gasteiger partial charge in [0.15, 0.2) is 0 Å². The monoisotopic (exact) mass is 248 g/mol. The number of amides is 1. The fourth-order valence-corrected chi connectivity index (χ4v) is 1.61. The van der Waals surface area contributed by atoms with Gasteiger partial charge in [-0.1, -0.05) is 0 Å². The minimum Gasteiger partial charge on any atom is -0.491 e. The van der Waals surface area contributed by atoms with Crippen LogP contribution in [0.4, 0.5) is 5.69 Å². The summed E-state index contributed by atoms with van der Waals surface area (Å²) < 4.78 is 5.55. The molecule has 1 aliphatic carbocycles. The van der Waals surface area contributed by atoms with Crippen molar-refractivity contribution in [3.63, 3.8) is 0 Å². The summed E-state index contributed by atoms with van der Waals surface area (Å²) in [6, 6.07) is 8.06. The summed E-state index contributed by atoms with van der Waals surface area (Å²) in [6.45, 7) is 4.31. The van der Waals surface area contributed by atoms with Gasteiger partial charge < -0.3 is 15.4 Å². The van der Waals surface area contributed by atoms with Crippen LogP contribution in [0.5, 0.6) is 5.75 Å². The van der Waals surface area contributed by atoms with E-state index in [0.29, 0.717) is 12.6 Å². The summed E-state index contributed by atoms with van der Waals surface area (Å²) in [7, 11) is 0. The quantitative estimate of drug-likeness (QED) is 0.811. The van der Waals surface area contributed by atoms with Crippen molar-refractivity contribution in [1.29, 1.82) is 0 Å². The molecule has 1 aromatic rings. The number of rotatable bonds is 6. The van der Waals surface area contributed by atoms with Gasteiger partial charge in [-0.25, -0.2) is 0 Å². The zero-order valence-corrected chi connectivity index (χ0v) is 10.9. The van der Waals surface area contributed by atoms with E-state index in [-0.39, 0.29) is 12.0 Å². The van der Waals surface area contributed by atoms with Gasteiger partial charge in [0.25, 0.3) is 0 Å². The molecule has 98 valence electrons. The molecule has 0 saturated heterocycles. The summed E-state index contributed by atoms with van der Waals surface area (Å²) in [5.74, 6) is 0.901.